The lowest BCUT2D eigenvalue weighted by atomic mass is 10.2. The summed E-state index contributed by atoms with van der Waals surface area (Å²) < 4.78 is 7.35. The molecule has 0 saturated heterocycles. The Bertz CT molecular complexity index is 1670. The number of ether oxygens (including phenoxy) is 1. The summed E-state index contributed by atoms with van der Waals surface area (Å²) >= 11 is 1.44. The number of aromatic nitrogens is 2. The van der Waals surface area contributed by atoms with E-state index in [9.17, 15) is 9.59 Å². The Morgan fingerprint density at radius 1 is 0.851 bits per heavy atom. The third kappa shape index (κ3) is 10.5. The molecular weight excluding hydrogens is 661 g/mol. The number of nitrogens with zero attached hydrogens (tertiary/aromatic N) is 5. The number of hydrogen-bond acceptors (Lipinski definition) is 9. The normalized spacial score (nSPS) is 10.7. The third-order valence-corrected chi connectivity index (χ3v) is 7.64. The fourth-order valence-electron chi connectivity index (χ4n) is 4.59. The van der Waals surface area contributed by atoms with Gasteiger partial charge < -0.3 is 55.7 Å². The smallest absolute Gasteiger partial charge is 0.431 e. The zero-order valence-electron chi connectivity index (χ0n) is 27.6. The maximum Gasteiger partial charge on any atom is 0.431 e. The molecule has 0 unspecified atom stereocenters. The van der Waals surface area contributed by atoms with Gasteiger partial charge in [-0.25, -0.2) is 4.79 Å². The Morgan fingerprint density at radius 3 is 1.94 bits per heavy atom. The van der Waals surface area contributed by atoms with Gasteiger partial charge >= 0.3 is 11.2 Å². The largest absolute Gasteiger partial charge is 1.00 e. The highest BCUT2D eigenvalue weighted by atomic mass is 35.5. The zero-order chi connectivity index (χ0) is 32.7. The van der Waals surface area contributed by atoms with E-state index in [1.165, 1.54) is 18.3 Å². The Balaban J connectivity index is 0.00000384. The van der Waals surface area contributed by atoms with Crippen LogP contribution in [0.4, 0.5) is 49.2 Å². The molecule has 252 valence electrons. The van der Waals surface area contributed by atoms with Crippen LogP contribution >= 0.6 is 11.3 Å². The van der Waals surface area contributed by atoms with E-state index in [1.807, 2.05) is 50.4 Å². The van der Waals surface area contributed by atoms with Crippen LogP contribution in [0.25, 0.3) is 0 Å². The molecule has 4 aromatic rings. The molecule has 1 heterocycles. The number of carbonyl (C=O) groups excluding carboxylic acids is 2. The molecular formula is C32H40Cl2N9O3S-. The molecule has 3 aromatic carbocycles. The first-order chi connectivity index (χ1) is 21.4. The maximum absolute atomic E-state index is 12.4. The van der Waals surface area contributed by atoms with Gasteiger partial charge in [-0.05, 0) is 93.5 Å². The van der Waals surface area contributed by atoms with E-state index in [-0.39, 0.29) is 48.8 Å². The number of methoxy groups -OCH3 is 1. The molecule has 0 atom stereocenters. The number of rotatable bonds is 11. The lowest BCUT2D eigenvalue weighted by Crippen LogP contribution is -3.00. The molecule has 12 nitrogen and oxygen atoms in total. The summed E-state index contributed by atoms with van der Waals surface area (Å²) in [5, 5.41) is 26.8. The van der Waals surface area contributed by atoms with Crippen LogP contribution in [0, 0.1) is 6.92 Å². The number of aryl methyl sites for hydroxylation is 2. The van der Waals surface area contributed by atoms with Crippen molar-refractivity contribution in [2.75, 3.05) is 33.3 Å². The molecule has 3 amide bonds. The number of anilines is 6. The molecule has 0 bridgehead atoms. The minimum atomic E-state index is -0.341. The van der Waals surface area contributed by atoms with E-state index in [2.05, 4.69) is 69.2 Å². The lowest BCUT2D eigenvalue weighted by molar-refractivity contribution is -0.712. The minimum absolute atomic E-state index is 0. The molecule has 15 heteroatoms. The van der Waals surface area contributed by atoms with Gasteiger partial charge in [0.15, 0.2) is 0 Å². The van der Waals surface area contributed by atoms with Crippen LogP contribution in [0.3, 0.4) is 0 Å². The number of hydrogen-bond donors (Lipinski definition) is 4. The van der Waals surface area contributed by atoms with Gasteiger partial charge in [-0.2, -0.15) is 0 Å². The van der Waals surface area contributed by atoms with Crippen molar-refractivity contribution in [3.8, 4) is 5.75 Å². The predicted octanol–water partition coefficient (Wildman–Crippen LogP) is 1.68. The first-order valence-corrected chi connectivity index (χ1v) is 15.3. The molecule has 4 N–H and O–H groups in total. The van der Waals surface area contributed by atoms with Crippen LogP contribution in [0.2, 0.25) is 0 Å². The second-order valence-corrected chi connectivity index (χ2v) is 11.9. The van der Waals surface area contributed by atoms with Crippen molar-refractivity contribution >= 4 is 67.7 Å². The Hall–Kier alpha value is -4.46. The quantitative estimate of drug-likeness (QED) is 0.139. The zero-order valence-corrected chi connectivity index (χ0v) is 29.9. The molecule has 0 aliphatic rings. The topological polar surface area (TPSA) is 136 Å². The Kier molecular flexibility index (Phi) is 14.4. The second kappa shape index (κ2) is 17.5. The van der Waals surface area contributed by atoms with Crippen molar-refractivity contribution in [1.82, 2.24) is 5.10 Å². The number of carbonyl (C=O) groups is 2. The minimum Gasteiger partial charge on any atom is -1.00 e. The average Bonchev–Trinajstić information content (AvgIpc) is 3.33. The van der Waals surface area contributed by atoms with E-state index >= 15 is 0 Å². The number of nitrogens with one attached hydrogen (secondary N) is 4. The monoisotopic (exact) mass is 700 g/mol. The predicted molar refractivity (Wildman–Crippen MR) is 181 cm³/mol. The summed E-state index contributed by atoms with van der Waals surface area (Å²) in [6.07, 6.45) is 0. The first-order valence-electron chi connectivity index (χ1n) is 14.5. The fourth-order valence-corrected chi connectivity index (χ4v) is 5.70. The standard InChI is InChI=1S/C32H39N9O3S.2ClH/c1-19(2)41(20(3)4)32-39-40(7)31(45-32)38-37-27-18-29(44-8)28(17-26(27)33-22(6)42)34-23-13-15-25(16-14-23)36-30(43)35-24-11-9-21(5)10-12-24;;/h9-20H,1-8H3,(H3,33,34,35,36,37,42,43);2*1H/p-1. The summed E-state index contributed by atoms with van der Waals surface area (Å²) in [4.78, 5) is 26.7. The molecule has 0 aliphatic carbocycles. The van der Waals surface area contributed by atoms with Gasteiger partial charge in [0.1, 0.15) is 18.5 Å². The maximum atomic E-state index is 12.4. The molecule has 0 saturated carbocycles. The van der Waals surface area contributed by atoms with Crippen molar-refractivity contribution < 1.29 is 43.8 Å². The summed E-state index contributed by atoms with van der Waals surface area (Å²) in [6, 6.07) is 18.4. The van der Waals surface area contributed by atoms with E-state index in [0.29, 0.717) is 39.3 Å². The highest BCUT2D eigenvalue weighted by molar-refractivity contribution is 7.18. The van der Waals surface area contributed by atoms with Crippen LogP contribution in [-0.2, 0) is 11.8 Å². The Morgan fingerprint density at radius 2 is 1.40 bits per heavy atom. The average molecular weight is 702 g/mol. The van der Waals surface area contributed by atoms with E-state index < -0.39 is 0 Å². The van der Waals surface area contributed by atoms with E-state index in [4.69, 9.17) is 4.74 Å². The number of azo groups is 1. The van der Waals surface area contributed by atoms with Crippen LogP contribution in [0.5, 0.6) is 5.75 Å². The third-order valence-electron chi connectivity index (χ3n) is 6.63. The summed E-state index contributed by atoms with van der Waals surface area (Å²) in [5.41, 5.74) is 4.67. The van der Waals surface area contributed by atoms with Crippen molar-refractivity contribution in [2.45, 2.75) is 53.6 Å². The van der Waals surface area contributed by atoms with Crippen molar-refractivity contribution in [1.29, 1.82) is 0 Å². The van der Waals surface area contributed by atoms with Crippen LogP contribution < -0.4 is 60.4 Å². The van der Waals surface area contributed by atoms with E-state index in [0.717, 1.165) is 16.4 Å². The molecule has 0 fully saturated rings. The number of amides is 3. The molecule has 0 aliphatic heterocycles. The second-order valence-electron chi connectivity index (χ2n) is 11.0. The highest BCUT2D eigenvalue weighted by Gasteiger charge is 2.24. The molecule has 0 spiro atoms. The van der Waals surface area contributed by atoms with Crippen LogP contribution in [0.15, 0.2) is 70.9 Å². The SMILES string of the molecule is COc1cc(N=Nc2sc(N(C(C)C)C(C)C)n[n+]2C)c(NC(C)=O)cc1Nc1ccc(NC(=O)Nc2ccc(C)cc2)cc1.[Cl-].[Cl-]. The van der Waals surface area contributed by atoms with Gasteiger partial charge in [0.25, 0.3) is 0 Å². The van der Waals surface area contributed by atoms with Crippen LogP contribution in [-0.4, -0.2) is 36.2 Å². The first kappa shape index (κ1) is 38.7. The van der Waals surface area contributed by atoms with Gasteiger partial charge in [0, 0.05) is 42.1 Å². The Labute approximate surface area is 291 Å². The molecule has 47 heavy (non-hydrogen) atoms. The summed E-state index contributed by atoms with van der Waals surface area (Å²) in [6.45, 7) is 11.9. The lowest BCUT2D eigenvalue weighted by Gasteiger charge is -2.28. The number of urea groups is 1. The number of halogens is 2. The van der Waals surface area contributed by atoms with Gasteiger partial charge in [-0.15, -0.1) is 4.68 Å². The summed E-state index contributed by atoms with van der Waals surface area (Å²) in [7, 11) is 3.38. The van der Waals surface area contributed by atoms with Gasteiger partial charge in [0.05, 0.1) is 23.6 Å². The van der Waals surface area contributed by atoms with E-state index in [1.54, 1.807) is 36.1 Å². The summed E-state index contributed by atoms with van der Waals surface area (Å²) in [5.74, 6) is 0.245. The van der Waals surface area contributed by atoms with Gasteiger partial charge in [0.2, 0.25) is 11.0 Å². The molecule has 4 rings (SSSR count). The van der Waals surface area contributed by atoms with Gasteiger partial charge in [-0.3, -0.25) is 4.79 Å². The van der Waals surface area contributed by atoms with Crippen molar-refractivity contribution in [2.24, 2.45) is 17.3 Å². The van der Waals surface area contributed by atoms with Crippen molar-refractivity contribution in [3.63, 3.8) is 0 Å². The van der Waals surface area contributed by atoms with Gasteiger partial charge in [-0.1, -0.05) is 22.8 Å². The number of benzene rings is 3. The fraction of sp³-hybridized carbons (Fsp3) is 0.312. The molecule has 1 aromatic heterocycles. The molecule has 0 radical (unpaired) electrons. The highest BCUT2D eigenvalue weighted by Crippen LogP contribution is 2.39. The van der Waals surface area contributed by atoms with Crippen LogP contribution in [0.1, 0.15) is 40.2 Å². The van der Waals surface area contributed by atoms with Crippen molar-refractivity contribution in [3.05, 3.63) is 66.2 Å².